The third kappa shape index (κ3) is 5.33. The van der Waals surface area contributed by atoms with Crippen LogP contribution >= 0.6 is 0 Å². The first-order valence-electron chi connectivity index (χ1n) is 9.26. The van der Waals surface area contributed by atoms with Crippen molar-refractivity contribution in [1.82, 2.24) is 10.3 Å². The van der Waals surface area contributed by atoms with Crippen molar-refractivity contribution < 1.29 is 9.53 Å². The van der Waals surface area contributed by atoms with Crippen LogP contribution in [-0.4, -0.2) is 24.5 Å². The number of methoxy groups -OCH3 is 1. The Morgan fingerprint density at radius 2 is 1.82 bits per heavy atom. The average Bonchev–Trinajstić information content (AvgIpc) is 2.67. The number of aryl methyl sites for hydroxylation is 2. The van der Waals surface area contributed by atoms with E-state index in [0.29, 0.717) is 17.9 Å². The van der Waals surface area contributed by atoms with Crippen LogP contribution in [-0.2, 0) is 6.42 Å². The Hall–Kier alpha value is -3.34. The van der Waals surface area contributed by atoms with E-state index < -0.39 is 0 Å². The van der Waals surface area contributed by atoms with E-state index in [-0.39, 0.29) is 5.91 Å². The molecule has 0 spiro atoms. The third-order valence-electron chi connectivity index (χ3n) is 4.35. The zero-order valence-corrected chi connectivity index (χ0v) is 16.5. The molecule has 0 aliphatic heterocycles. The van der Waals surface area contributed by atoms with Gasteiger partial charge in [0.25, 0.3) is 5.91 Å². The van der Waals surface area contributed by atoms with Gasteiger partial charge in [-0.3, -0.25) is 4.79 Å². The van der Waals surface area contributed by atoms with Crippen LogP contribution in [0.5, 0.6) is 5.75 Å². The van der Waals surface area contributed by atoms with Gasteiger partial charge in [0, 0.05) is 24.0 Å². The lowest BCUT2D eigenvalue weighted by atomic mass is 10.1. The number of pyridine rings is 1. The standard InChI is InChI=1S/C23H25N3O2/c1-16-11-17(2)13-20(12-16)26-22-15-19(8-10-24-22)23(27)25-9-7-18-5-4-6-21(14-18)28-3/h4-6,8,10-15H,7,9H2,1-3H3,(H,24,26)(H,25,27). The van der Waals surface area contributed by atoms with Gasteiger partial charge in [-0.1, -0.05) is 18.2 Å². The molecular formula is C23H25N3O2. The summed E-state index contributed by atoms with van der Waals surface area (Å²) in [7, 11) is 1.65. The highest BCUT2D eigenvalue weighted by atomic mass is 16.5. The number of ether oxygens (including phenoxy) is 1. The van der Waals surface area contributed by atoms with Crippen molar-refractivity contribution in [2.24, 2.45) is 0 Å². The van der Waals surface area contributed by atoms with Crippen LogP contribution in [0.2, 0.25) is 0 Å². The van der Waals surface area contributed by atoms with Crippen molar-refractivity contribution in [3.63, 3.8) is 0 Å². The molecule has 0 saturated heterocycles. The summed E-state index contributed by atoms with van der Waals surface area (Å²) >= 11 is 0. The predicted octanol–water partition coefficient (Wildman–Crippen LogP) is 4.42. The number of hydrogen-bond acceptors (Lipinski definition) is 4. The Morgan fingerprint density at radius 1 is 1.04 bits per heavy atom. The highest BCUT2D eigenvalue weighted by molar-refractivity contribution is 5.94. The molecule has 0 aliphatic carbocycles. The Labute approximate surface area is 165 Å². The first kappa shape index (κ1) is 19.4. The van der Waals surface area contributed by atoms with Crippen LogP contribution in [0.3, 0.4) is 0 Å². The van der Waals surface area contributed by atoms with Gasteiger partial charge in [0.2, 0.25) is 0 Å². The summed E-state index contributed by atoms with van der Waals surface area (Å²) in [6.45, 7) is 4.66. The smallest absolute Gasteiger partial charge is 0.251 e. The largest absolute Gasteiger partial charge is 0.497 e. The van der Waals surface area contributed by atoms with Gasteiger partial charge in [0.05, 0.1) is 7.11 Å². The minimum Gasteiger partial charge on any atom is -0.497 e. The van der Waals surface area contributed by atoms with E-state index >= 15 is 0 Å². The number of anilines is 2. The van der Waals surface area contributed by atoms with Gasteiger partial charge in [-0.15, -0.1) is 0 Å². The number of amides is 1. The molecule has 0 saturated carbocycles. The van der Waals surface area contributed by atoms with Crippen molar-refractivity contribution in [3.8, 4) is 5.75 Å². The lowest BCUT2D eigenvalue weighted by Crippen LogP contribution is -2.25. The van der Waals surface area contributed by atoms with Crippen LogP contribution in [0, 0.1) is 13.8 Å². The van der Waals surface area contributed by atoms with Crippen molar-refractivity contribution in [2.45, 2.75) is 20.3 Å². The van der Waals surface area contributed by atoms with Gasteiger partial charge in [0.15, 0.2) is 0 Å². The van der Waals surface area contributed by atoms with E-state index in [2.05, 4.69) is 47.7 Å². The highest BCUT2D eigenvalue weighted by Crippen LogP contribution is 2.19. The fourth-order valence-electron chi connectivity index (χ4n) is 3.09. The Balaban J connectivity index is 1.60. The molecule has 2 aromatic carbocycles. The summed E-state index contributed by atoms with van der Waals surface area (Å²) in [4.78, 5) is 16.8. The van der Waals surface area contributed by atoms with Crippen molar-refractivity contribution in [1.29, 1.82) is 0 Å². The maximum atomic E-state index is 12.5. The van der Waals surface area contributed by atoms with Crippen LogP contribution in [0.1, 0.15) is 27.0 Å². The van der Waals surface area contributed by atoms with Crippen molar-refractivity contribution in [2.75, 3.05) is 19.0 Å². The summed E-state index contributed by atoms with van der Waals surface area (Å²) in [6.07, 6.45) is 2.38. The van der Waals surface area contributed by atoms with E-state index in [0.717, 1.165) is 23.4 Å². The molecule has 1 aromatic heterocycles. The molecule has 0 aliphatic rings. The number of benzene rings is 2. The lowest BCUT2D eigenvalue weighted by Gasteiger charge is -2.10. The topological polar surface area (TPSA) is 63.2 Å². The van der Waals surface area contributed by atoms with Gasteiger partial charge in [-0.25, -0.2) is 4.98 Å². The van der Waals surface area contributed by atoms with Crippen molar-refractivity contribution in [3.05, 3.63) is 83.0 Å². The number of nitrogens with zero attached hydrogens (tertiary/aromatic N) is 1. The predicted molar refractivity (Wildman–Crippen MR) is 112 cm³/mol. The molecule has 2 N–H and O–H groups in total. The maximum Gasteiger partial charge on any atom is 0.251 e. The SMILES string of the molecule is COc1cccc(CCNC(=O)c2ccnc(Nc3cc(C)cc(C)c3)c2)c1. The molecule has 0 atom stereocenters. The van der Waals surface area contributed by atoms with Gasteiger partial charge in [-0.05, 0) is 73.4 Å². The van der Waals surface area contributed by atoms with E-state index in [4.69, 9.17) is 4.74 Å². The second kappa shape index (κ2) is 9.04. The Kier molecular flexibility index (Phi) is 6.27. The molecule has 1 amide bonds. The Bertz CT molecular complexity index is 949. The normalized spacial score (nSPS) is 10.4. The van der Waals surface area contributed by atoms with Crippen LogP contribution in [0.15, 0.2) is 60.8 Å². The van der Waals surface area contributed by atoms with E-state index in [1.807, 2.05) is 24.3 Å². The number of rotatable bonds is 7. The number of hydrogen-bond donors (Lipinski definition) is 2. The number of nitrogens with one attached hydrogen (secondary N) is 2. The molecule has 144 valence electrons. The van der Waals surface area contributed by atoms with E-state index in [1.54, 1.807) is 25.4 Å². The summed E-state index contributed by atoms with van der Waals surface area (Å²) < 4.78 is 5.23. The molecule has 28 heavy (non-hydrogen) atoms. The van der Waals surface area contributed by atoms with E-state index in [9.17, 15) is 4.79 Å². The second-order valence-corrected chi connectivity index (χ2v) is 6.79. The zero-order valence-electron chi connectivity index (χ0n) is 16.5. The Morgan fingerprint density at radius 3 is 2.57 bits per heavy atom. The van der Waals surface area contributed by atoms with Gasteiger partial charge >= 0.3 is 0 Å². The number of carbonyl (C=O) groups excluding carboxylic acids is 1. The molecule has 0 fully saturated rings. The summed E-state index contributed by atoms with van der Waals surface area (Å²) in [5.41, 5.74) is 5.00. The molecule has 3 rings (SSSR count). The highest BCUT2D eigenvalue weighted by Gasteiger charge is 2.07. The monoisotopic (exact) mass is 375 g/mol. The van der Waals surface area contributed by atoms with E-state index in [1.165, 1.54) is 11.1 Å². The summed E-state index contributed by atoms with van der Waals surface area (Å²) in [6, 6.07) is 17.5. The summed E-state index contributed by atoms with van der Waals surface area (Å²) in [5, 5.41) is 6.23. The number of aromatic nitrogens is 1. The fraction of sp³-hybridized carbons (Fsp3) is 0.217. The van der Waals surface area contributed by atoms with Crippen molar-refractivity contribution >= 4 is 17.4 Å². The van der Waals surface area contributed by atoms with Gasteiger partial charge in [0.1, 0.15) is 11.6 Å². The fourth-order valence-corrected chi connectivity index (χ4v) is 3.09. The molecule has 0 radical (unpaired) electrons. The first-order chi connectivity index (χ1) is 13.5. The van der Waals surface area contributed by atoms with Gasteiger partial charge < -0.3 is 15.4 Å². The minimum absolute atomic E-state index is 0.117. The van der Waals surface area contributed by atoms with Crippen LogP contribution in [0.25, 0.3) is 0 Å². The second-order valence-electron chi connectivity index (χ2n) is 6.79. The molecule has 5 nitrogen and oxygen atoms in total. The van der Waals surface area contributed by atoms with Gasteiger partial charge in [-0.2, -0.15) is 0 Å². The molecular weight excluding hydrogens is 350 g/mol. The average molecular weight is 375 g/mol. The first-order valence-corrected chi connectivity index (χ1v) is 9.26. The van der Waals surface area contributed by atoms with Crippen LogP contribution < -0.4 is 15.4 Å². The third-order valence-corrected chi connectivity index (χ3v) is 4.35. The molecule has 1 heterocycles. The lowest BCUT2D eigenvalue weighted by molar-refractivity contribution is 0.0954. The molecule has 3 aromatic rings. The molecule has 5 heteroatoms. The zero-order chi connectivity index (χ0) is 19.9. The molecule has 0 bridgehead atoms. The minimum atomic E-state index is -0.117. The number of carbonyl (C=O) groups is 1. The summed E-state index contributed by atoms with van der Waals surface area (Å²) in [5.74, 6) is 1.35. The maximum absolute atomic E-state index is 12.5. The quantitative estimate of drug-likeness (QED) is 0.641. The van der Waals surface area contributed by atoms with Crippen LogP contribution in [0.4, 0.5) is 11.5 Å². The molecule has 0 unspecified atom stereocenters.